The highest BCUT2D eigenvalue weighted by Crippen LogP contribution is 2.23. The van der Waals surface area contributed by atoms with Crippen molar-refractivity contribution in [1.29, 1.82) is 0 Å². The molecule has 6 heteroatoms. The summed E-state index contributed by atoms with van der Waals surface area (Å²) in [5.41, 5.74) is 0.821. The van der Waals surface area contributed by atoms with Gasteiger partial charge in [0, 0.05) is 20.8 Å². The zero-order valence-electron chi connectivity index (χ0n) is 10.4. The predicted octanol–water partition coefficient (Wildman–Crippen LogP) is 2.35. The van der Waals surface area contributed by atoms with E-state index in [4.69, 9.17) is 9.47 Å². The first-order chi connectivity index (χ1) is 8.22. The number of hydrogen-bond acceptors (Lipinski definition) is 5. The van der Waals surface area contributed by atoms with Gasteiger partial charge in [-0.1, -0.05) is 6.92 Å². The van der Waals surface area contributed by atoms with Gasteiger partial charge in [-0.3, -0.25) is 0 Å². The topological polar surface area (TPSA) is 56.3 Å². The average Bonchev–Trinajstić information content (AvgIpc) is 2.33. The molecule has 1 N–H and O–H groups in total. The van der Waals surface area contributed by atoms with Crippen molar-refractivity contribution in [2.24, 2.45) is 0 Å². The highest BCUT2D eigenvalue weighted by atomic mass is 79.9. The molecule has 0 atom stereocenters. The van der Waals surface area contributed by atoms with Gasteiger partial charge in [0.2, 0.25) is 0 Å². The van der Waals surface area contributed by atoms with Crippen LogP contribution in [0.3, 0.4) is 0 Å². The third-order valence-corrected chi connectivity index (χ3v) is 2.90. The lowest BCUT2D eigenvalue weighted by atomic mass is 10.4. The van der Waals surface area contributed by atoms with E-state index in [1.807, 2.05) is 7.05 Å². The van der Waals surface area contributed by atoms with Gasteiger partial charge in [0.1, 0.15) is 12.4 Å². The molecule has 0 aliphatic rings. The van der Waals surface area contributed by atoms with E-state index in [9.17, 15) is 0 Å². The van der Waals surface area contributed by atoms with E-state index in [0.29, 0.717) is 25.6 Å². The van der Waals surface area contributed by atoms with Crippen LogP contribution >= 0.6 is 15.9 Å². The summed E-state index contributed by atoms with van der Waals surface area (Å²) >= 11 is 3.45. The van der Waals surface area contributed by atoms with E-state index in [-0.39, 0.29) is 0 Å². The second-order valence-electron chi connectivity index (χ2n) is 3.48. The highest BCUT2D eigenvalue weighted by Gasteiger charge is 2.11. The van der Waals surface area contributed by atoms with Gasteiger partial charge in [-0.2, -0.15) is 0 Å². The van der Waals surface area contributed by atoms with Crippen molar-refractivity contribution in [3.05, 3.63) is 16.0 Å². The van der Waals surface area contributed by atoms with Crippen LogP contribution in [0.15, 0.2) is 4.47 Å². The number of halogens is 1. The minimum absolute atomic E-state index is 0.423. The Bertz CT molecular complexity index is 361. The Kier molecular flexibility index (Phi) is 6.39. The van der Waals surface area contributed by atoms with Crippen molar-refractivity contribution in [3.8, 4) is 0 Å². The van der Waals surface area contributed by atoms with E-state index in [1.165, 1.54) is 0 Å². The zero-order chi connectivity index (χ0) is 12.7. The maximum atomic E-state index is 5.43. The lowest BCUT2D eigenvalue weighted by molar-refractivity contribution is 0.115. The van der Waals surface area contributed by atoms with Gasteiger partial charge in [0.15, 0.2) is 5.82 Å². The van der Waals surface area contributed by atoms with Crippen LogP contribution in [0.25, 0.3) is 0 Å². The molecule has 0 spiro atoms. The Balaban J connectivity index is 2.86. The normalized spacial score (nSPS) is 10.6. The average molecular weight is 304 g/mol. The van der Waals surface area contributed by atoms with Crippen LogP contribution in [-0.4, -0.2) is 30.7 Å². The largest absolute Gasteiger partial charge is 0.378 e. The molecule has 0 saturated carbocycles. The number of anilines is 1. The lowest BCUT2D eigenvalue weighted by Gasteiger charge is -2.10. The summed E-state index contributed by atoms with van der Waals surface area (Å²) in [6.07, 6.45) is 0.986. The van der Waals surface area contributed by atoms with Gasteiger partial charge < -0.3 is 14.8 Å². The number of aromatic nitrogens is 2. The lowest BCUT2D eigenvalue weighted by Crippen LogP contribution is -2.08. The Hall–Kier alpha value is -0.720. The van der Waals surface area contributed by atoms with Crippen molar-refractivity contribution in [2.45, 2.75) is 26.6 Å². The number of nitrogens with zero attached hydrogens (tertiary/aromatic N) is 2. The van der Waals surface area contributed by atoms with E-state index < -0.39 is 0 Å². The molecule has 0 aliphatic heterocycles. The van der Waals surface area contributed by atoms with E-state index >= 15 is 0 Å². The van der Waals surface area contributed by atoms with Crippen molar-refractivity contribution in [2.75, 3.05) is 26.1 Å². The van der Waals surface area contributed by atoms with Crippen molar-refractivity contribution in [3.63, 3.8) is 0 Å². The van der Waals surface area contributed by atoms with Gasteiger partial charge >= 0.3 is 0 Å². The van der Waals surface area contributed by atoms with Gasteiger partial charge in [-0.15, -0.1) is 0 Å². The number of methoxy groups -OCH3 is 1. The number of rotatable bonds is 7. The summed E-state index contributed by atoms with van der Waals surface area (Å²) in [4.78, 5) is 8.75. The molecule has 96 valence electrons. The van der Waals surface area contributed by atoms with Gasteiger partial charge in [-0.05, 0) is 22.4 Å². The fourth-order valence-corrected chi connectivity index (χ4v) is 1.81. The van der Waals surface area contributed by atoms with Crippen LogP contribution in [0, 0.1) is 0 Å². The summed E-state index contributed by atoms with van der Waals surface area (Å²) in [5, 5.41) is 3.02. The van der Waals surface area contributed by atoms with E-state index in [1.54, 1.807) is 7.11 Å². The maximum absolute atomic E-state index is 5.43. The molecule has 0 bridgehead atoms. The van der Waals surface area contributed by atoms with Crippen LogP contribution in [0.1, 0.15) is 24.9 Å². The molecular formula is C11H18BrN3O2. The minimum Gasteiger partial charge on any atom is -0.378 e. The summed E-state index contributed by atoms with van der Waals surface area (Å²) < 4.78 is 11.4. The molecule has 1 rings (SSSR count). The Morgan fingerprint density at radius 1 is 1.29 bits per heavy atom. The molecule has 0 radical (unpaired) electrons. The molecule has 0 amide bonds. The van der Waals surface area contributed by atoms with Crippen LogP contribution < -0.4 is 5.32 Å². The van der Waals surface area contributed by atoms with Crippen LogP contribution in [-0.2, 0) is 22.7 Å². The molecule has 0 aromatic carbocycles. The molecule has 0 saturated heterocycles. The predicted molar refractivity (Wildman–Crippen MR) is 69.9 cm³/mol. The SMILES string of the molecule is CCCOCc1nc(COC)c(Br)c(NC)n1. The summed E-state index contributed by atoms with van der Waals surface area (Å²) in [5.74, 6) is 1.42. The number of nitrogens with one attached hydrogen (secondary N) is 1. The quantitative estimate of drug-likeness (QED) is 0.784. The van der Waals surface area contributed by atoms with E-state index in [0.717, 1.165) is 22.4 Å². The first-order valence-electron chi connectivity index (χ1n) is 5.52. The van der Waals surface area contributed by atoms with Crippen LogP contribution in [0.4, 0.5) is 5.82 Å². The third kappa shape index (κ3) is 4.22. The van der Waals surface area contributed by atoms with Crippen molar-refractivity contribution < 1.29 is 9.47 Å². The monoisotopic (exact) mass is 303 g/mol. The summed E-state index contributed by atoms with van der Waals surface area (Å²) in [7, 11) is 3.46. The Morgan fingerprint density at radius 2 is 2.06 bits per heavy atom. The molecule has 0 unspecified atom stereocenters. The fourth-order valence-electron chi connectivity index (χ4n) is 1.32. The summed E-state index contributed by atoms with van der Waals surface area (Å²) in [6, 6.07) is 0. The highest BCUT2D eigenvalue weighted by molar-refractivity contribution is 9.10. The molecule has 0 fully saturated rings. The second kappa shape index (κ2) is 7.58. The summed E-state index contributed by atoms with van der Waals surface area (Å²) in [6.45, 7) is 3.65. The smallest absolute Gasteiger partial charge is 0.156 e. The molecule has 1 aromatic heterocycles. The number of ether oxygens (including phenoxy) is 2. The molecule has 5 nitrogen and oxygen atoms in total. The fraction of sp³-hybridized carbons (Fsp3) is 0.636. The van der Waals surface area contributed by atoms with Crippen molar-refractivity contribution >= 4 is 21.7 Å². The minimum atomic E-state index is 0.423. The van der Waals surface area contributed by atoms with Crippen molar-refractivity contribution in [1.82, 2.24) is 9.97 Å². The van der Waals surface area contributed by atoms with E-state index in [2.05, 4.69) is 38.1 Å². The van der Waals surface area contributed by atoms with Gasteiger partial charge in [-0.25, -0.2) is 9.97 Å². The molecular weight excluding hydrogens is 286 g/mol. The second-order valence-corrected chi connectivity index (χ2v) is 4.28. The molecule has 1 aromatic rings. The molecule has 17 heavy (non-hydrogen) atoms. The zero-order valence-corrected chi connectivity index (χ0v) is 12.0. The van der Waals surface area contributed by atoms with Crippen LogP contribution in [0.2, 0.25) is 0 Å². The maximum Gasteiger partial charge on any atom is 0.156 e. The Labute approximate surface area is 110 Å². The van der Waals surface area contributed by atoms with Gasteiger partial charge in [0.05, 0.1) is 16.8 Å². The molecule has 1 heterocycles. The molecule has 0 aliphatic carbocycles. The van der Waals surface area contributed by atoms with Gasteiger partial charge in [0.25, 0.3) is 0 Å². The number of hydrogen-bond donors (Lipinski definition) is 1. The van der Waals surface area contributed by atoms with Crippen LogP contribution in [0.5, 0.6) is 0 Å². The standard InChI is InChI=1S/C11H18BrN3O2/c1-4-5-17-7-9-14-8(6-16-3)10(12)11(13-2)15-9/h4-7H2,1-3H3,(H,13,14,15). The first kappa shape index (κ1) is 14.3. The third-order valence-electron chi connectivity index (χ3n) is 2.06. The first-order valence-corrected chi connectivity index (χ1v) is 6.31. The Morgan fingerprint density at radius 3 is 2.65 bits per heavy atom.